The summed E-state index contributed by atoms with van der Waals surface area (Å²) in [7, 11) is 0. The minimum absolute atomic E-state index is 0.0857. The number of hydrogen-bond donors (Lipinski definition) is 2. The Kier molecular flexibility index (Phi) is 6.18. The van der Waals surface area contributed by atoms with Gasteiger partial charge in [-0.3, -0.25) is 9.59 Å². The number of aryl methyl sites for hydroxylation is 1. The molecule has 0 aliphatic carbocycles. The van der Waals surface area contributed by atoms with E-state index in [0.717, 1.165) is 11.1 Å². The first kappa shape index (κ1) is 17.0. The first-order valence-corrected chi connectivity index (χ1v) is 7.79. The van der Waals surface area contributed by atoms with Crippen molar-refractivity contribution in [3.05, 3.63) is 70.2 Å². The molecule has 0 heterocycles. The van der Waals surface area contributed by atoms with Gasteiger partial charge in [-0.05, 0) is 36.2 Å². The molecule has 0 radical (unpaired) electrons. The van der Waals surface area contributed by atoms with Crippen LogP contribution in [0.15, 0.2) is 48.5 Å². The summed E-state index contributed by atoms with van der Waals surface area (Å²) in [4.78, 5) is 23.8. The van der Waals surface area contributed by atoms with Crippen LogP contribution in [-0.4, -0.2) is 24.9 Å². The van der Waals surface area contributed by atoms with Crippen LogP contribution in [0.25, 0.3) is 0 Å². The number of carbonyl (C=O) groups excluding carboxylic acids is 2. The molecule has 0 aliphatic rings. The molecule has 0 saturated heterocycles. The van der Waals surface area contributed by atoms with Crippen LogP contribution in [0, 0.1) is 6.92 Å². The Morgan fingerprint density at radius 1 is 0.957 bits per heavy atom. The third-order valence-electron chi connectivity index (χ3n) is 3.40. The Labute approximate surface area is 140 Å². The van der Waals surface area contributed by atoms with Crippen LogP contribution in [0.4, 0.5) is 0 Å². The molecule has 0 unspecified atom stereocenters. The monoisotopic (exact) mass is 330 g/mol. The van der Waals surface area contributed by atoms with Crippen LogP contribution in [-0.2, 0) is 11.2 Å². The Balaban J connectivity index is 1.71. The smallest absolute Gasteiger partial charge is 0.251 e. The van der Waals surface area contributed by atoms with Gasteiger partial charge < -0.3 is 10.6 Å². The lowest BCUT2D eigenvalue weighted by atomic mass is 10.1. The highest BCUT2D eigenvalue weighted by Gasteiger charge is 2.07. The zero-order valence-corrected chi connectivity index (χ0v) is 13.7. The number of rotatable bonds is 6. The number of hydrogen-bond acceptors (Lipinski definition) is 2. The van der Waals surface area contributed by atoms with Gasteiger partial charge in [0.1, 0.15) is 0 Å². The largest absolute Gasteiger partial charge is 0.354 e. The van der Waals surface area contributed by atoms with Crippen molar-refractivity contribution >= 4 is 23.4 Å². The summed E-state index contributed by atoms with van der Waals surface area (Å²) >= 11 is 5.80. The highest BCUT2D eigenvalue weighted by atomic mass is 35.5. The van der Waals surface area contributed by atoms with Gasteiger partial charge >= 0.3 is 0 Å². The van der Waals surface area contributed by atoms with Gasteiger partial charge in [0.15, 0.2) is 0 Å². The van der Waals surface area contributed by atoms with Crippen LogP contribution in [0.1, 0.15) is 21.5 Å². The van der Waals surface area contributed by atoms with Gasteiger partial charge in [0, 0.05) is 23.7 Å². The molecular weight excluding hydrogens is 312 g/mol. The molecule has 5 heteroatoms. The second-order valence-corrected chi connectivity index (χ2v) is 5.66. The Hall–Kier alpha value is -2.33. The number of carbonyl (C=O) groups is 2. The molecule has 2 amide bonds. The van der Waals surface area contributed by atoms with Gasteiger partial charge in [0.25, 0.3) is 5.91 Å². The van der Waals surface area contributed by atoms with E-state index in [1.807, 2.05) is 37.3 Å². The fourth-order valence-corrected chi connectivity index (χ4v) is 2.28. The molecule has 2 aromatic carbocycles. The Bertz CT molecular complexity index is 684. The summed E-state index contributed by atoms with van der Waals surface area (Å²) in [6.07, 6.45) is 0.295. The number of benzene rings is 2. The summed E-state index contributed by atoms with van der Waals surface area (Å²) in [5, 5.41) is 6.22. The fraction of sp³-hybridized carbons (Fsp3) is 0.222. The van der Waals surface area contributed by atoms with Crippen LogP contribution in [0.2, 0.25) is 5.02 Å². The topological polar surface area (TPSA) is 58.2 Å². The van der Waals surface area contributed by atoms with Gasteiger partial charge in [-0.1, -0.05) is 41.9 Å². The molecule has 2 N–H and O–H groups in total. The Morgan fingerprint density at radius 3 is 2.30 bits per heavy atom. The SMILES string of the molecule is Cc1ccccc1C(=O)NCCNC(=O)Cc1ccc(Cl)cc1. The van der Waals surface area contributed by atoms with Crippen molar-refractivity contribution < 1.29 is 9.59 Å². The zero-order valence-electron chi connectivity index (χ0n) is 12.9. The van der Waals surface area contributed by atoms with Crippen molar-refractivity contribution in [1.82, 2.24) is 10.6 Å². The third-order valence-corrected chi connectivity index (χ3v) is 3.65. The van der Waals surface area contributed by atoms with Crippen molar-refractivity contribution in [3.63, 3.8) is 0 Å². The van der Waals surface area contributed by atoms with Crippen LogP contribution in [0.5, 0.6) is 0 Å². The highest BCUT2D eigenvalue weighted by molar-refractivity contribution is 6.30. The van der Waals surface area contributed by atoms with E-state index in [1.54, 1.807) is 18.2 Å². The van der Waals surface area contributed by atoms with E-state index >= 15 is 0 Å². The summed E-state index contributed by atoms with van der Waals surface area (Å²) in [5.41, 5.74) is 2.48. The van der Waals surface area contributed by atoms with Gasteiger partial charge in [0.05, 0.1) is 6.42 Å². The van der Waals surface area contributed by atoms with E-state index in [0.29, 0.717) is 30.1 Å². The zero-order chi connectivity index (χ0) is 16.7. The summed E-state index contributed by atoms with van der Waals surface area (Å²) in [5.74, 6) is -0.215. The van der Waals surface area contributed by atoms with Crippen LogP contribution < -0.4 is 10.6 Å². The minimum Gasteiger partial charge on any atom is -0.354 e. The first-order valence-electron chi connectivity index (χ1n) is 7.41. The molecule has 0 saturated carbocycles. The maximum atomic E-state index is 12.0. The number of nitrogens with one attached hydrogen (secondary N) is 2. The van der Waals surface area contributed by atoms with Gasteiger partial charge in [-0.15, -0.1) is 0 Å². The van der Waals surface area contributed by atoms with Crippen molar-refractivity contribution in [1.29, 1.82) is 0 Å². The average molecular weight is 331 g/mol. The van der Waals surface area contributed by atoms with Gasteiger partial charge in [0.2, 0.25) is 5.91 Å². The molecule has 120 valence electrons. The van der Waals surface area contributed by atoms with Gasteiger partial charge in [-0.25, -0.2) is 0 Å². The number of amides is 2. The molecule has 0 bridgehead atoms. The lowest BCUT2D eigenvalue weighted by Gasteiger charge is -2.09. The molecule has 0 fully saturated rings. The molecule has 4 nitrogen and oxygen atoms in total. The van der Waals surface area contributed by atoms with E-state index in [4.69, 9.17) is 11.6 Å². The van der Waals surface area contributed by atoms with Crippen molar-refractivity contribution in [2.45, 2.75) is 13.3 Å². The van der Waals surface area contributed by atoms with E-state index < -0.39 is 0 Å². The second-order valence-electron chi connectivity index (χ2n) is 5.22. The average Bonchev–Trinajstić information content (AvgIpc) is 2.54. The third kappa shape index (κ3) is 5.42. The lowest BCUT2D eigenvalue weighted by Crippen LogP contribution is -2.35. The molecular formula is C18H19ClN2O2. The highest BCUT2D eigenvalue weighted by Crippen LogP contribution is 2.09. The first-order chi connectivity index (χ1) is 11.1. The summed E-state index contributed by atoms with van der Waals surface area (Å²) < 4.78 is 0. The van der Waals surface area contributed by atoms with Crippen molar-refractivity contribution in [2.24, 2.45) is 0 Å². The Morgan fingerprint density at radius 2 is 1.61 bits per heavy atom. The maximum Gasteiger partial charge on any atom is 0.251 e. The molecule has 0 atom stereocenters. The minimum atomic E-state index is -0.130. The van der Waals surface area contributed by atoms with Gasteiger partial charge in [-0.2, -0.15) is 0 Å². The summed E-state index contributed by atoms with van der Waals surface area (Å²) in [6.45, 7) is 2.67. The van der Waals surface area contributed by atoms with Crippen molar-refractivity contribution in [2.75, 3.05) is 13.1 Å². The predicted molar refractivity (Wildman–Crippen MR) is 91.7 cm³/mol. The molecule has 0 aliphatic heterocycles. The standard InChI is InChI=1S/C18H19ClN2O2/c1-13-4-2-3-5-16(13)18(23)21-11-10-20-17(22)12-14-6-8-15(19)9-7-14/h2-9H,10-12H2,1H3,(H,20,22)(H,21,23). The van der Waals surface area contributed by atoms with Crippen molar-refractivity contribution in [3.8, 4) is 0 Å². The lowest BCUT2D eigenvalue weighted by molar-refractivity contribution is -0.120. The van der Waals surface area contributed by atoms with Crippen LogP contribution >= 0.6 is 11.6 Å². The molecule has 0 aromatic heterocycles. The molecule has 2 aromatic rings. The van der Waals surface area contributed by atoms with E-state index in [1.165, 1.54) is 0 Å². The quantitative estimate of drug-likeness (QED) is 0.800. The maximum absolute atomic E-state index is 12.0. The number of halogens is 1. The molecule has 2 rings (SSSR count). The summed E-state index contributed by atoms with van der Waals surface area (Å²) in [6, 6.07) is 14.5. The fourth-order valence-electron chi connectivity index (χ4n) is 2.15. The predicted octanol–water partition coefficient (Wildman–Crippen LogP) is 2.74. The second kappa shape index (κ2) is 8.34. The molecule has 0 spiro atoms. The normalized spacial score (nSPS) is 10.2. The molecule has 23 heavy (non-hydrogen) atoms. The van der Waals surface area contributed by atoms with E-state index in [-0.39, 0.29) is 11.8 Å². The van der Waals surface area contributed by atoms with Crippen LogP contribution in [0.3, 0.4) is 0 Å². The van der Waals surface area contributed by atoms with E-state index in [2.05, 4.69) is 10.6 Å². The van der Waals surface area contributed by atoms with E-state index in [9.17, 15) is 9.59 Å².